The summed E-state index contributed by atoms with van der Waals surface area (Å²) in [7, 11) is 0. The number of cyclic esters (lactones) is 1. The number of carbonyl (C=O) groups is 1. The topological polar surface area (TPSA) is 61.2 Å². The predicted molar refractivity (Wildman–Crippen MR) is 105 cm³/mol. The van der Waals surface area contributed by atoms with Crippen LogP contribution in [-0.4, -0.2) is 27.4 Å². The van der Waals surface area contributed by atoms with Gasteiger partial charge in [-0.2, -0.15) is 0 Å². The maximum atomic E-state index is 13.0. The zero-order valence-corrected chi connectivity index (χ0v) is 15.5. The highest BCUT2D eigenvalue weighted by Crippen LogP contribution is 2.33. The fraction of sp³-hybridized carbons (Fsp3) is 0.211. The highest BCUT2D eigenvalue weighted by atomic mass is 32.2. The smallest absolute Gasteiger partial charge is 0.319 e. The van der Waals surface area contributed by atoms with Gasteiger partial charge >= 0.3 is 5.97 Å². The van der Waals surface area contributed by atoms with Gasteiger partial charge in [-0.15, -0.1) is 17.9 Å². The van der Waals surface area contributed by atoms with E-state index in [0.717, 1.165) is 10.4 Å². The minimum absolute atomic E-state index is 0.101. The number of thioether (sulfide) groups is 1. The number of esters is 1. The Morgan fingerprint density at radius 1 is 1.35 bits per heavy atom. The van der Waals surface area contributed by atoms with Crippen LogP contribution in [0.2, 0.25) is 0 Å². The molecule has 1 atom stereocenters. The van der Waals surface area contributed by atoms with E-state index in [9.17, 15) is 9.59 Å². The lowest BCUT2D eigenvalue weighted by molar-refractivity contribution is -0.137. The third kappa shape index (κ3) is 3.08. The molecule has 0 radical (unpaired) electrons. The van der Waals surface area contributed by atoms with Crippen LogP contribution in [0.25, 0.3) is 20.7 Å². The van der Waals surface area contributed by atoms with E-state index in [1.54, 1.807) is 10.6 Å². The van der Waals surface area contributed by atoms with Crippen molar-refractivity contribution in [3.05, 3.63) is 59.4 Å². The Balaban J connectivity index is 1.83. The minimum atomic E-state index is -0.317. The fourth-order valence-electron chi connectivity index (χ4n) is 2.83. The van der Waals surface area contributed by atoms with Gasteiger partial charge in [0.25, 0.3) is 5.56 Å². The number of nitrogens with zero attached hydrogens (tertiary/aromatic N) is 2. The molecule has 132 valence electrons. The molecule has 3 aromatic rings. The van der Waals surface area contributed by atoms with Gasteiger partial charge in [-0.1, -0.05) is 48.2 Å². The quantitative estimate of drug-likeness (QED) is 0.381. The van der Waals surface area contributed by atoms with E-state index in [4.69, 9.17) is 4.74 Å². The second kappa shape index (κ2) is 7.09. The molecule has 1 aliphatic heterocycles. The summed E-state index contributed by atoms with van der Waals surface area (Å²) in [6.45, 7) is 4.50. The lowest BCUT2D eigenvalue weighted by atomic mass is 10.2. The van der Waals surface area contributed by atoms with Gasteiger partial charge in [-0.3, -0.25) is 14.2 Å². The normalized spacial score (nSPS) is 16.8. The van der Waals surface area contributed by atoms with E-state index in [0.29, 0.717) is 34.9 Å². The van der Waals surface area contributed by atoms with Crippen LogP contribution >= 0.6 is 23.1 Å². The number of ether oxygens (including phenoxy) is 1. The summed E-state index contributed by atoms with van der Waals surface area (Å²) in [5.41, 5.74) is 1.61. The van der Waals surface area contributed by atoms with E-state index in [1.165, 1.54) is 23.1 Å². The molecule has 0 spiro atoms. The summed E-state index contributed by atoms with van der Waals surface area (Å²) in [4.78, 5) is 30.5. The fourth-order valence-corrected chi connectivity index (χ4v) is 4.95. The monoisotopic (exact) mass is 384 g/mol. The maximum Gasteiger partial charge on any atom is 0.319 e. The van der Waals surface area contributed by atoms with Crippen molar-refractivity contribution < 1.29 is 9.53 Å². The van der Waals surface area contributed by atoms with Gasteiger partial charge in [0.15, 0.2) is 5.16 Å². The minimum Gasteiger partial charge on any atom is -0.465 e. The number of benzene rings is 1. The number of hydrogen-bond acceptors (Lipinski definition) is 6. The first-order valence-electron chi connectivity index (χ1n) is 8.21. The van der Waals surface area contributed by atoms with Crippen molar-refractivity contribution in [3.8, 4) is 10.4 Å². The van der Waals surface area contributed by atoms with E-state index >= 15 is 0 Å². The maximum absolute atomic E-state index is 13.0. The van der Waals surface area contributed by atoms with Crippen molar-refractivity contribution in [3.63, 3.8) is 0 Å². The molecule has 1 aromatic carbocycles. The highest BCUT2D eigenvalue weighted by Gasteiger charge is 2.29. The van der Waals surface area contributed by atoms with Crippen molar-refractivity contribution in [1.29, 1.82) is 0 Å². The molecule has 0 bridgehead atoms. The summed E-state index contributed by atoms with van der Waals surface area (Å²) >= 11 is 2.73. The van der Waals surface area contributed by atoms with E-state index < -0.39 is 0 Å². The highest BCUT2D eigenvalue weighted by molar-refractivity contribution is 8.00. The molecule has 0 amide bonds. The van der Waals surface area contributed by atoms with Gasteiger partial charge in [0.2, 0.25) is 0 Å². The average Bonchev–Trinajstić information content (AvgIpc) is 3.26. The molecule has 4 rings (SSSR count). The number of thiophene rings is 1. The summed E-state index contributed by atoms with van der Waals surface area (Å²) < 4.78 is 7.22. The Kier molecular flexibility index (Phi) is 4.65. The Labute approximate surface area is 158 Å². The molecule has 1 fully saturated rings. The molecule has 0 N–H and O–H groups in total. The number of hydrogen-bond donors (Lipinski definition) is 0. The number of allylic oxidation sites excluding steroid dienone is 1. The van der Waals surface area contributed by atoms with Crippen LogP contribution in [-0.2, 0) is 16.1 Å². The van der Waals surface area contributed by atoms with Crippen LogP contribution in [0, 0.1) is 0 Å². The van der Waals surface area contributed by atoms with Crippen molar-refractivity contribution >= 4 is 39.3 Å². The van der Waals surface area contributed by atoms with Crippen LogP contribution in [0.5, 0.6) is 0 Å². The van der Waals surface area contributed by atoms with Gasteiger partial charge in [0, 0.05) is 17.8 Å². The second-order valence-corrected chi connectivity index (χ2v) is 8.07. The molecular formula is C19H16N2O3S2. The second-order valence-electron chi connectivity index (χ2n) is 5.85. The van der Waals surface area contributed by atoms with Crippen LogP contribution in [0.4, 0.5) is 0 Å². The van der Waals surface area contributed by atoms with Gasteiger partial charge < -0.3 is 4.74 Å². The van der Waals surface area contributed by atoms with Gasteiger partial charge in [0.1, 0.15) is 9.95 Å². The number of fused-ring (bicyclic) bond motifs is 1. The van der Waals surface area contributed by atoms with Crippen molar-refractivity contribution in [2.45, 2.75) is 23.4 Å². The Hall–Kier alpha value is -2.38. The SMILES string of the molecule is C=CCn1c(SC2CCOC2=O)nc2cc(-c3ccccc3)sc2c1=O. The molecule has 0 aliphatic carbocycles. The predicted octanol–water partition coefficient (Wildman–Crippen LogP) is 3.72. The van der Waals surface area contributed by atoms with Crippen LogP contribution < -0.4 is 5.56 Å². The third-order valence-electron chi connectivity index (χ3n) is 4.10. The Morgan fingerprint density at radius 2 is 2.15 bits per heavy atom. The van der Waals surface area contributed by atoms with Gasteiger partial charge in [-0.05, 0) is 11.6 Å². The molecule has 1 unspecified atom stereocenters. The van der Waals surface area contributed by atoms with E-state index in [-0.39, 0.29) is 16.8 Å². The van der Waals surface area contributed by atoms with Gasteiger partial charge in [-0.25, -0.2) is 4.98 Å². The third-order valence-corrected chi connectivity index (χ3v) is 6.50. The van der Waals surface area contributed by atoms with E-state index in [2.05, 4.69) is 11.6 Å². The van der Waals surface area contributed by atoms with Crippen molar-refractivity contribution in [2.24, 2.45) is 0 Å². The summed E-state index contributed by atoms with van der Waals surface area (Å²) in [5, 5.41) is 0.214. The van der Waals surface area contributed by atoms with Crippen molar-refractivity contribution in [2.75, 3.05) is 6.61 Å². The Morgan fingerprint density at radius 3 is 2.85 bits per heavy atom. The summed E-state index contributed by atoms with van der Waals surface area (Å²) in [6.07, 6.45) is 2.29. The zero-order valence-electron chi connectivity index (χ0n) is 13.9. The first-order chi connectivity index (χ1) is 12.7. The molecule has 1 saturated heterocycles. The first kappa shape index (κ1) is 17.1. The zero-order chi connectivity index (χ0) is 18.1. The number of rotatable bonds is 5. The summed E-state index contributed by atoms with van der Waals surface area (Å²) in [5.74, 6) is -0.246. The van der Waals surface area contributed by atoms with Crippen LogP contribution in [0.3, 0.4) is 0 Å². The van der Waals surface area contributed by atoms with Crippen LogP contribution in [0.15, 0.2) is 59.0 Å². The largest absolute Gasteiger partial charge is 0.465 e. The molecule has 26 heavy (non-hydrogen) atoms. The number of aromatic nitrogens is 2. The number of carbonyl (C=O) groups excluding carboxylic acids is 1. The van der Waals surface area contributed by atoms with Crippen molar-refractivity contribution in [1.82, 2.24) is 9.55 Å². The molecule has 3 heterocycles. The van der Waals surface area contributed by atoms with Crippen LogP contribution in [0.1, 0.15) is 6.42 Å². The van der Waals surface area contributed by atoms with E-state index in [1.807, 2.05) is 36.4 Å². The molecule has 1 aliphatic rings. The molecule has 2 aromatic heterocycles. The lowest BCUT2D eigenvalue weighted by Crippen LogP contribution is -2.23. The standard InChI is InChI=1S/C19H16N2O3S2/c1-2-9-21-17(22)16-13(11-15(25-16)12-6-4-3-5-7-12)20-19(21)26-14-8-10-24-18(14)23/h2-7,11,14H,1,8-10H2. The first-order valence-corrected chi connectivity index (χ1v) is 9.91. The lowest BCUT2D eigenvalue weighted by Gasteiger charge is -2.11. The summed E-state index contributed by atoms with van der Waals surface area (Å²) in [6, 6.07) is 11.9. The molecule has 5 nitrogen and oxygen atoms in total. The molecule has 0 saturated carbocycles. The molecular weight excluding hydrogens is 368 g/mol. The average molecular weight is 384 g/mol. The molecule has 7 heteroatoms. The Bertz CT molecular complexity index is 1040. The van der Waals surface area contributed by atoms with Gasteiger partial charge in [0.05, 0.1) is 12.1 Å².